The van der Waals surface area contributed by atoms with Gasteiger partial charge in [-0.25, -0.2) is 0 Å². The molecule has 1 aromatic rings. The first-order chi connectivity index (χ1) is 8.74. The zero-order chi connectivity index (χ0) is 13.0. The van der Waals surface area contributed by atoms with Crippen molar-refractivity contribution in [3.63, 3.8) is 0 Å². The molecule has 1 aliphatic rings. The predicted octanol–water partition coefficient (Wildman–Crippen LogP) is 3.13. The van der Waals surface area contributed by atoms with Crippen LogP contribution >= 0.6 is 0 Å². The third kappa shape index (κ3) is 3.14. The van der Waals surface area contributed by atoms with Crippen molar-refractivity contribution >= 4 is 0 Å². The first-order valence-electron chi connectivity index (χ1n) is 7.53. The summed E-state index contributed by atoms with van der Waals surface area (Å²) in [5.74, 6) is 0.883. The summed E-state index contributed by atoms with van der Waals surface area (Å²) in [6.45, 7) is 8.59. The standard InChI is InChI=1S/C15H27N3/c1-4-14-10-15(18(5-2)17-14)11-16-12(3)13-8-6-7-9-13/h10,12-13,16H,4-9,11H2,1-3H3. The molecule has 0 bridgehead atoms. The van der Waals surface area contributed by atoms with Gasteiger partial charge in [-0.05, 0) is 45.1 Å². The van der Waals surface area contributed by atoms with E-state index in [-0.39, 0.29) is 0 Å². The molecule has 18 heavy (non-hydrogen) atoms. The normalized spacial score (nSPS) is 18.4. The van der Waals surface area contributed by atoms with E-state index < -0.39 is 0 Å². The molecular weight excluding hydrogens is 222 g/mol. The Morgan fingerprint density at radius 3 is 2.72 bits per heavy atom. The van der Waals surface area contributed by atoms with Gasteiger partial charge in [0.25, 0.3) is 0 Å². The van der Waals surface area contributed by atoms with E-state index in [2.05, 4.69) is 41.9 Å². The van der Waals surface area contributed by atoms with Crippen molar-refractivity contribution in [3.05, 3.63) is 17.5 Å². The molecule has 102 valence electrons. The van der Waals surface area contributed by atoms with Gasteiger partial charge in [0, 0.05) is 19.1 Å². The monoisotopic (exact) mass is 249 g/mol. The highest BCUT2D eigenvalue weighted by Crippen LogP contribution is 2.27. The van der Waals surface area contributed by atoms with Crippen molar-refractivity contribution in [2.24, 2.45) is 5.92 Å². The molecule has 1 aromatic heterocycles. The molecule has 1 unspecified atom stereocenters. The lowest BCUT2D eigenvalue weighted by atomic mass is 10.00. The minimum absolute atomic E-state index is 0.637. The van der Waals surface area contributed by atoms with Crippen LogP contribution in [0, 0.1) is 5.92 Å². The van der Waals surface area contributed by atoms with E-state index >= 15 is 0 Å². The summed E-state index contributed by atoms with van der Waals surface area (Å²) in [5, 5.41) is 8.29. The van der Waals surface area contributed by atoms with Gasteiger partial charge < -0.3 is 5.32 Å². The molecule has 1 heterocycles. The average Bonchev–Trinajstić information content (AvgIpc) is 3.04. The fourth-order valence-corrected chi connectivity index (χ4v) is 2.99. The van der Waals surface area contributed by atoms with Gasteiger partial charge in [0.15, 0.2) is 0 Å². The van der Waals surface area contributed by atoms with Crippen molar-refractivity contribution in [2.75, 3.05) is 0 Å². The van der Waals surface area contributed by atoms with Crippen LogP contribution in [0.2, 0.25) is 0 Å². The zero-order valence-corrected chi connectivity index (χ0v) is 12.1. The van der Waals surface area contributed by atoms with Gasteiger partial charge in [0.1, 0.15) is 0 Å². The van der Waals surface area contributed by atoms with Crippen LogP contribution in [0.15, 0.2) is 6.07 Å². The number of aryl methyl sites for hydroxylation is 2. The molecule has 1 fully saturated rings. The highest BCUT2D eigenvalue weighted by molar-refractivity contribution is 5.10. The molecule has 0 radical (unpaired) electrons. The molecule has 0 aliphatic heterocycles. The highest BCUT2D eigenvalue weighted by atomic mass is 15.3. The van der Waals surface area contributed by atoms with E-state index in [4.69, 9.17) is 0 Å². The number of rotatable bonds is 6. The predicted molar refractivity (Wildman–Crippen MR) is 75.5 cm³/mol. The molecule has 3 heteroatoms. The minimum atomic E-state index is 0.637. The van der Waals surface area contributed by atoms with Crippen molar-refractivity contribution < 1.29 is 0 Å². The smallest absolute Gasteiger partial charge is 0.0625 e. The van der Waals surface area contributed by atoms with Crippen LogP contribution in [0.4, 0.5) is 0 Å². The third-order valence-corrected chi connectivity index (χ3v) is 4.29. The van der Waals surface area contributed by atoms with Gasteiger partial charge in [-0.3, -0.25) is 4.68 Å². The molecule has 0 spiro atoms. The maximum absolute atomic E-state index is 4.60. The van der Waals surface area contributed by atoms with Gasteiger partial charge in [-0.2, -0.15) is 5.10 Å². The van der Waals surface area contributed by atoms with Crippen LogP contribution in [-0.2, 0) is 19.5 Å². The second-order valence-electron chi connectivity index (χ2n) is 5.51. The van der Waals surface area contributed by atoms with Crippen LogP contribution in [0.1, 0.15) is 57.8 Å². The summed E-state index contributed by atoms with van der Waals surface area (Å²) in [4.78, 5) is 0. The number of aromatic nitrogens is 2. The van der Waals surface area contributed by atoms with Crippen molar-refractivity contribution in [1.82, 2.24) is 15.1 Å². The lowest BCUT2D eigenvalue weighted by Gasteiger charge is -2.20. The van der Waals surface area contributed by atoms with Gasteiger partial charge >= 0.3 is 0 Å². The first kappa shape index (κ1) is 13.6. The van der Waals surface area contributed by atoms with E-state index in [9.17, 15) is 0 Å². The van der Waals surface area contributed by atoms with Crippen molar-refractivity contribution in [1.29, 1.82) is 0 Å². The Balaban J connectivity index is 1.90. The maximum Gasteiger partial charge on any atom is 0.0625 e. The summed E-state index contributed by atoms with van der Waals surface area (Å²) in [7, 11) is 0. The lowest BCUT2D eigenvalue weighted by Crippen LogP contribution is -2.32. The Morgan fingerprint density at radius 2 is 2.11 bits per heavy atom. The molecule has 2 rings (SSSR count). The zero-order valence-electron chi connectivity index (χ0n) is 12.1. The molecule has 1 atom stereocenters. The van der Waals surface area contributed by atoms with Crippen LogP contribution in [0.25, 0.3) is 0 Å². The van der Waals surface area contributed by atoms with Crippen LogP contribution < -0.4 is 5.32 Å². The second-order valence-corrected chi connectivity index (χ2v) is 5.51. The van der Waals surface area contributed by atoms with Crippen LogP contribution in [-0.4, -0.2) is 15.8 Å². The molecule has 0 amide bonds. The van der Waals surface area contributed by atoms with E-state index in [0.717, 1.165) is 25.4 Å². The maximum atomic E-state index is 4.60. The summed E-state index contributed by atoms with van der Waals surface area (Å²) in [6, 6.07) is 2.88. The molecule has 0 aromatic carbocycles. The van der Waals surface area contributed by atoms with E-state index in [0.29, 0.717) is 6.04 Å². The number of hydrogen-bond acceptors (Lipinski definition) is 2. The topological polar surface area (TPSA) is 29.9 Å². The lowest BCUT2D eigenvalue weighted by molar-refractivity contribution is 0.375. The largest absolute Gasteiger partial charge is 0.308 e. The SMILES string of the molecule is CCc1cc(CNC(C)C2CCCC2)n(CC)n1. The van der Waals surface area contributed by atoms with Crippen molar-refractivity contribution in [2.45, 2.75) is 72.0 Å². The molecule has 0 saturated heterocycles. The number of nitrogens with one attached hydrogen (secondary N) is 1. The van der Waals surface area contributed by atoms with Crippen LogP contribution in [0.5, 0.6) is 0 Å². The van der Waals surface area contributed by atoms with E-state index in [1.54, 1.807) is 0 Å². The summed E-state index contributed by atoms with van der Waals surface area (Å²) in [5.41, 5.74) is 2.54. The van der Waals surface area contributed by atoms with Gasteiger partial charge in [-0.1, -0.05) is 19.8 Å². The Bertz CT molecular complexity index is 364. The molecular formula is C15H27N3. The fourth-order valence-electron chi connectivity index (χ4n) is 2.99. The Kier molecular flexibility index (Phi) is 4.81. The summed E-state index contributed by atoms with van der Waals surface area (Å²) in [6.07, 6.45) is 6.67. The van der Waals surface area contributed by atoms with E-state index in [1.807, 2.05) is 0 Å². The number of nitrogens with zero attached hydrogens (tertiary/aromatic N) is 2. The summed E-state index contributed by atoms with van der Waals surface area (Å²) >= 11 is 0. The van der Waals surface area contributed by atoms with E-state index in [1.165, 1.54) is 37.1 Å². The van der Waals surface area contributed by atoms with Gasteiger partial charge in [0.2, 0.25) is 0 Å². The molecule has 1 N–H and O–H groups in total. The van der Waals surface area contributed by atoms with Gasteiger partial charge in [-0.15, -0.1) is 0 Å². The fraction of sp³-hybridized carbons (Fsp3) is 0.800. The Hall–Kier alpha value is -0.830. The average molecular weight is 249 g/mol. The third-order valence-electron chi connectivity index (χ3n) is 4.29. The summed E-state index contributed by atoms with van der Waals surface area (Å²) < 4.78 is 2.13. The first-order valence-corrected chi connectivity index (χ1v) is 7.53. The Morgan fingerprint density at radius 1 is 1.39 bits per heavy atom. The molecule has 1 saturated carbocycles. The Labute approximate surface area is 111 Å². The molecule has 3 nitrogen and oxygen atoms in total. The number of hydrogen-bond donors (Lipinski definition) is 1. The van der Waals surface area contributed by atoms with Crippen molar-refractivity contribution in [3.8, 4) is 0 Å². The second kappa shape index (κ2) is 6.37. The van der Waals surface area contributed by atoms with Crippen LogP contribution in [0.3, 0.4) is 0 Å². The highest BCUT2D eigenvalue weighted by Gasteiger charge is 2.21. The molecule has 1 aliphatic carbocycles. The minimum Gasteiger partial charge on any atom is -0.308 e. The van der Waals surface area contributed by atoms with Gasteiger partial charge in [0.05, 0.1) is 11.4 Å². The quantitative estimate of drug-likeness (QED) is 0.839.